The van der Waals surface area contributed by atoms with Crippen LogP contribution >= 0.6 is 15.9 Å². The Morgan fingerprint density at radius 2 is 2.05 bits per heavy atom. The molecule has 0 saturated carbocycles. The van der Waals surface area contributed by atoms with Crippen molar-refractivity contribution in [3.05, 3.63) is 28.2 Å². The molecule has 116 valence electrons. The number of nitrogens with one attached hydrogen (secondary N) is 1. The lowest BCUT2D eigenvalue weighted by molar-refractivity contribution is -0.130. The smallest absolute Gasteiger partial charge is 0.236 e. The van der Waals surface area contributed by atoms with Gasteiger partial charge >= 0.3 is 0 Å². The molecule has 1 amide bonds. The Balaban J connectivity index is 1.83. The molecule has 0 bridgehead atoms. The zero-order valence-electron chi connectivity index (χ0n) is 13.0. The Hall–Kier alpha value is -1.07. The van der Waals surface area contributed by atoms with Gasteiger partial charge in [-0.1, -0.05) is 6.07 Å². The molecular formula is C16H24BrN3O. The monoisotopic (exact) mass is 353 g/mol. The van der Waals surface area contributed by atoms with E-state index < -0.39 is 0 Å². The minimum atomic E-state index is 0.183. The van der Waals surface area contributed by atoms with Gasteiger partial charge in [-0.3, -0.25) is 9.69 Å². The first-order chi connectivity index (χ1) is 9.95. The second-order valence-electron chi connectivity index (χ2n) is 5.97. The molecule has 1 saturated heterocycles. The number of carbonyl (C=O) groups is 1. The zero-order chi connectivity index (χ0) is 15.4. The van der Waals surface area contributed by atoms with E-state index in [2.05, 4.69) is 51.3 Å². The summed E-state index contributed by atoms with van der Waals surface area (Å²) < 4.78 is 1.12. The van der Waals surface area contributed by atoms with Gasteiger partial charge in [0.1, 0.15) is 0 Å². The fraction of sp³-hybridized carbons (Fsp3) is 0.562. The van der Waals surface area contributed by atoms with E-state index in [4.69, 9.17) is 0 Å². The van der Waals surface area contributed by atoms with Gasteiger partial charge < -0.3 is 10.2 Å². The van der Waals surface area contributed by atoms with Gasteiger partial charge in [0.25, 0.3) is 0 Å². The molecule has 21 heavy (non-hydrogen) atoms. The zero-order valence-corrected chi connectivity index (χ0v) is 14.6. The summed E-state index contributed by atoms with van der Waals surface area (Å²) in [6, 6.07) is 6.86. The van der Waals surface area contributed by atoms with E-state index in [1.165, 1.54) is 5.56 Å². The van der Waals surface area contributed by atoms with Crippen molar-refractivity contribution in [1.29, 1.82) is 0 Å². The van der Waals surface area contributed by atoms with Gasteiger partial charge in [-0.25, -0.2) is 0 Å². The molecular weight excluding hydrogens is 330 g/mol. The Morgan fingerprint density at radius 1 is 1.38 bits per heavy atom. The first kappa shape index (κ1) is 16.3. The topological polar surface area (TPSA) is 35.6 Å². The molecule has 1 aromatic rings. The Morgan fingerprint density at radius 3 is 2.62 bits per heavy atom. The van der Waals surface area contributed by atoms with Crippen LogP contribution in [0.15, 0.2) is 22.7 Å². The van der Waals surface area contributed by atoms with Crippen molar-refractivity contribution in [3.8, 4) is 0 Å². The Bertz CT molecular complexity index is 496. The quantitative estimate of drug-likeness (QED) is 0.903. The number of benzene rings is 1. The number of likely N-dealkylation sites (tertiary alicyclic amines) is 1. The van der Waals surface area contributed by atoms with Crippen LogP contribution in [0.4, 0.5) is 5.69 Å². The second kappa shape index (κ2) is 7.27. The summed E-state index contributed by atoms with van der Waals surface area (Å²) >= 11 is 3.61. The Kier molecular flexibility index (Phi) is 5.65. The number of hydrogen-bond acceptors (Lipinski definition) is 3. The summed E-state index contributed by atoms with van der Waals surface area (Å²) in [4.78, 5) is 15.6. The maximum atomic E-state index is 11.7. The lowest BCUT2D eigenvalue weighted by atomic mass is 10.0. The number of amides is 1. The van der Waals surface area contributed by atoms with Crippen molar-refractivity contribution >= 4 is 27.5 Å². The molecule has 5 heteroatoms. The summed E-state index contributed by atoms with van der Waals surface area (Å²) in [5, 5.41) is 3.60. The van der Waals surface area contributed by atoms with Gasteiger partial charge in [-0.15, -0.1) is 0 Å². The van der Waals surface area contributed by atoms with Crippen LogP contribution in [-0.4, -0.2) is 55.5 Å². The van der Waals surface area contributed by atoms with Crippen molar-refractivity contribution < 1.29 is 4.79 Å². The molecule has 1 aromatic carbocycles. The molecule has 1 aliphatic rings. The number of carbonyl (C=O) groups excluding carboxylic acids is 1. The predicted octanol–water partition coefficient (Wildman–Crippen LogP) is 2.72. The first-order valence-corrected chi connectivity index (χ1v) is 8.20. The SMILES string of the molecule is Cc1ccc(NC2CCN(CC(=O)N(C)C)CC2)c(Br)c1. The lowest BCUT2D eigenvalue weighted by Crippen LogP contribution is -2.43. The Labute approximate surface area is 135 Å². The highest BCUT2D eigenvalue weighted by molar-refractivity contribution is 9.10. The summed E-state index contributed by atoms with van der Waals surface area (Å²) in [5.41, 5.74) is 2.41. The largest absolute Gasteiger partial charge is 0.381 e. The van der Waals surface area contributed by atoms with E-state index in [1.54, 1.807) is 4.90 Å². The molecule has 1 aliphatic heterocycles. The predicted molar refractivity (Wildman–Crippen MR) is 90.7 cm³/mol. The second-order valence-corrected chi connectivity index (χ2v) is 6.82. The minimum absolute atomic E-state index is 0.183. The van der Waals surface area contributed by atoms with Gasteiger partial charge in [0.15, 0.2) is 0 Å². The fourth-order valence-corrected chi connectivity index (χ4v) is 3.13. The van der Waals surface area contributed by atoms with E-state index in [0.717, 1.165) is 36.1 Å². The van der Waals surface area contributed by atoms with Crippen LogP contribution in [0.5, 0.6) is 0 Å². The van der Waals surface area contributed by atoms with E-state index in [0.29, 0.717) is 12.6 Å². The highest BCUT2D eigenvalue weighted by atomic mass is 79.9. The van der Waals surface area contributed by atoms with Crippen LogP contribution in [0.1, 0.15) is 18.4 Å². The van der Waals surface area contributed by atoms with E-state index in [-0.39, 0.29) is 5.91 Å². The molecule has 1 fully saturated rings. The minimum Gasteiger partial charge on any atom is -0.381 e. The number of hydrogen-bond donors (Lipinski definition) is 1. The van der Waals surface area contributed by atoms with Crippen LogP contribution < -0.4 is 5.32 Å². The highest BCUT2D eigenvalue weighted by Crippen LogP contribution is 2.26. The van der Waals surface area contributed by atoms with E-state index in [1.807, 2.05) is 14.1 Å². The number of nitrogens with zero attached hydrogens (tertiary/aromatic N) is 2. The average Bonchev–Trinajstić information content (AvgIpc) is 2.43. The summed E-state index contributed by atoms with van der Waals surface area (Å²) in [6.07, 6.45) is 2.14. The number of piperidine rings is 1. The van der Waals surface area contributed by atoms with Gasteiger partial charge in [0, 0.05) is 43.4 Å². The van der Waals surface area contributed by atoms with Crippen molar-refractivity contribution in [2.75, 3.05) is 39.0 Å². The number of anilines is 1. The molecule has 2 rings (SSSR count). The molecule has 0 aromatic heterocycles. The number of rotatable bonds is 4. The van der Waals surface area contributed by atoms with Crippen molar-refractivity contribution in [2.24, 2.45) is 0 Å². The van der Waals surface area contributed by atoms with Crippen molar-refractivity contribution in [2.45, 2.75) is 25.8 Å². The van der Waals surface area contributed by atoms with Crippen molar-refractivity contribution in [3.63, 3.8) is 0 Å². The average molecular weight is 354 g/mol. The molecule has 1 heterocycles. The number of halogens is 1. The standard InChI is InChI=1S/C16H24BrN3O/c1-12-4-5-15(14(17)10-12)18-13-6-8-20(9-7-13)11-16(21)19(2)3/h4-5,10,13,18H,6-9,11H2,1-3H3. The number of aryl methyl sites for hydroxylation is 1. The molecule has 0 radical (unpaired) electrons. The van der Waals surface area contributed by atoms with Gasteiger partial charge in [-0.05, 0) is 53.4 Å². The molecule has 0 aliphatic carbocycles. The number of likely N-dealkylation sites (N-methyl/N-ethyl adjacent to an activating group) is 1. The maximum absolute atomic E-state index is 11.7. The van der Waals surface area contributed by atoms with E-state index in [9.17, 15) is 4.79 Å². The van der Waals surface area contributed by atoms with Gasteiger partial charge in [-0.2, -0.15) is 0 Å². The molecule has 0 unspecified atom stereocenters. The molecule has 0 atom stereocenters. The summed E-state index contributed by atoms with van der Waals surface area (Å²) in [6.45, 7) is 4.57. The third-order valence-electron chi connectivity index (χ3n) is 3.93. The fourth-order valence-electron chi connectivity index (χ4n) is 2.53. The van der Waals surface area contributed by atoms with E-state index >= 15 is 0 Å². The highest BCUT2D eigenvalue weighted by Gasteiger charge is 2.21. The van der Waals surface area contributed by atoms with Gasteiger partial charge in [0.2, 0.25) is 5.91 Å². The molecule has 1 N–H and O–H groups in total. The summed E-state index contributed by atoms with van der Waals surface area (Å²) in [7, 11) is 3.62. The lowest BCUT2D eigenvalue weighted by Gasteiger charge is -2.33. The van der Waals surface area contributed by atoms with Gasteiger partial charge in [0.05, 0.1) is 6.54 Å². The maximum Gasteiger partial charge on any atom is 0.236 e. The van der Waals surface area contributed by atoms with Crippen LogP contribution in [0.2, 0.25) is 0 Å². The van der Waals surface area contributed by atoms with Crippen molar-refractivity contribution in [1.82, 2.24) is 9.80 Å². The molecule has 4 nitrogen and oxygen atoms in total. The molecule has 0 spiro atoms. The van der Waals surface area contributed by atoms with Crippen LogP contribution in [-0.2, 0) is 4.79 Å². The third kappa shape index (κ3) is 4.71. The third-order valence-corrected chi connectivity index (χ3v) is 4.59. The summed E-state index contributed by atoms with van der Waals surface area (Å²) in [5.74, 6) is 0.183. The normalized spacial score (nSPS) is 16.8. The first-order valence-electron chi connectivity index (χ1n) is 7.41. The van der Waals surface area contributed by atoms with Crippen LogP contribution in [0, 0.1) is 6.92 Å². The van der Waals surface area contributed by atoms with Crippen LogP contribution in [0.3, 0.4) is 0 Å². The van der Waals surface area contributed by atoms with Crippen LogP contribution in [0.25, 0.3) is 0 Å².